The normalized spacial score (nSPS) is 14.4. The Bertz CT molecular complexity index is 938. The molecule has 0 fully saturated rings. The molecule has 0 aliphatic rings. The molecule has 0 saturated heterocycles. The van der Waals surface area contributed by atoms with Crippen molar-refractivity contribution in [3.8, 4) is 0 Å². The zero-order valence-corrected chi connectivity index (χ0v) is 14.7. The molecule has 5 nitrogen and oxygen atoms in total. The SMILES string of the molecule is CC(O)(CS(=O)(=O)c1ccc(F)cc1)C(=O)Nc1cccc(C(F)(F)F)c1. The Kier molecular flexibility index (Phi) is 5.62. The number of alkyl halides is 3. The standard InChI is InChI=1S/C17H15F4NO4S/c1-16(24,10-27(25,26)14-7-5-12(18)6-8-14)15(23)22-13-4-2-3-11(9-13)17(19,20)21/h2-9,24H,10H2,1H3,(H,22,23). The van der Waals surface area contributed by atoms with Crippen molar-refractivity contribution in [2.45, 2.75) is 23.6 Å². The van der Waals surface area contributed by atoms with Gasteiger partial charge in [-0.1, -0.05) is 6.07 Å². The molecular formula is C17H15F4NO4S. The predicted molar refractivity (Wildman–Crippen MR) is 89.2 cm³/mol. The molecule has 2 rings (SSSR count). The summed E-state index contributed by atoms with van der Waals surface area (Å²) in [4.78, 5) is 11.9. The first-order chi connectivity index (χ1) is 12.3. The molecule has 0 aliphatic carbocycles. The van der Waals surface area contributed by atoms with Crippen LogP contribution in [0.2, 0.25) is 0 Å². The Morgan fingerprint density at radius 1 is 1.11 bits per heavy atom. The van der Waals surface area contributed by atoms with Crippen molar-refractivity contribution in [1.82, 2.24) is 0 Å². The van der Waals surface area contributed by atoms with E-state index in [4.69, 9.17) is 0 Å². The van der Waals surface area contributed by atoms with Gasteiger partial charge in [0.1, 0.15) is 5.82 Å². The smallest absolute Gasteiger partial charge is 0.379 e. The van der Waals surface area contributed by atoms with Crippen LogP contribution >= 0.6 is 0 Å². The van der Waals surface area contributed by atoms with E-state index in [1.807, 2.05) is 0 Å². The highest BCUT2D eigenvalue weighted by Crippen LogP contribution is 2.31. The number of aliphatic hydroxyl groups is 1. The van der Waals surface area contributed by atoms with Crippen LogP contribution in [0.4, 0.5) is 23.2 Å². The Morgan fingerprint density at radius 3 is 2.26 bits per heavy atom. The van der Waals surface area contributed by atoms with E-state index in [2.05, 4.69) is 5.32 Å². The number of amides is 1. The summed E-state index contributed by atoms with van der Waals surface area (Å²) in [7, 11) is -4.16. The van der Waals surface area contributed by atoms with E-state index < -0.39 is 44.7 Å². The number of benzene rings is 2. The molecule has 2 N–H and O–H groups in total. The third-order valence-corrected chi connectivity index (χ3v) is 5.51. The van der Waals surface area contributed by atoms with E-state index in [0.29, 0.717) is 6.07 Å². The lowest BCUT2D eigenvalue weighted by atomic mass is 10.1. The molecule has 0 saturated carbocycles. The van der Waals surface area contributed by atoms with Crippen molar-refractivity contribution >= 4 is 21.4 Å². The van der Waals surface area contributed by atoms with Crippen LogP contribution in [-0.2, 0) is 20.8 Å². The van der Waals surface area contributed by atoms with Gasteiger partial charge in [-0.05, 0) is 49.4 Å². The largest absolute Gasteiger partial charge is 0.416 e. The number of rotatable bonds is 5. The number of hydrogen-bond acceptors (Lipinski definition) is 4. The topological polar surface area (TPSA) is 83.5 Å². The highest BCUT2D eigenvalue weighted by Gasteiger charge is 2.37. The van der Waals surface area contributed by atoms with Crippen LogP contribution in [0.15, 0.2) is 53.4 Å². The van der Waals surface area contributed by atoms with Gasteiger partial charge >= 0.3 is 6.18 Å². The first kappa shape index (κ1) is 20.8. The van der Waals surface area contributed by atoms with E-state index in [-0.39, 0.29) is 10.6 Å². The minimum Gasteiger partial charge on any atom is -0.379 e. The van der Waals surface area contributed by atoms with Gasteiger partial charge in [-0.3, -0.25) is 4.79 Å². The lowest BCUT2D eigenvalue weighted by Gasteiger charge is -2.22. The quantitative estimate of drug-likeness (QED) is 0.592. The molecule has 0 aliphatic heterocycles. The Hall–Kier alpha value is -2.46. The van der Waals surface area contributed by atoms with Gasteiger partial charge in [0, 0.05) is 5.69 Å². The molecule has 0 spiro atoms. The van der Waals surface area contributed by atoms with Crippen LogP contribution in [-0.4, -0.2) is 30.8 Å². The summed E-state index contributed by atoms with van der Waals surface area (Å²) in [5, 5.41) is 12.3. The van der Waals surface area contributed by atoms with Crippen molar-refractivity contribution in [3.63, 3.8) is 0 Å². The number of sulfone groups is 1. The zero-order chi connectivity index (χ0) is 20.5. The van der Waals surface area contributed by atoms with Gasteiger partial charge in [-0.25, -0.2) is 12.8 Å². The molecule has 0 aromatic heterocycles. The van der Waals surface area contributed by atoms with Crippen LogP contribution in [0.3, 0.4) is 0 Å². The fourth-order valence-corrected chi connectivity index (χ4v) is 3.79. The second kappa shape index (κ2) is 7.28. The fourth-order valence-electron chi connectivity index (χ4n) is 2.20. The number of carbonyl (C=O) groups is 1. The minimum absolute atomic E-state index is 0.255. The second-order valence-corrected chi connectivity index (χ2v) is 8.01. The van der Waals surface area contributed by atoms with Crippen molar-refractivity contribution in [1.29, 1.82) is 0 Å². The number of hydrogen-bond donors (Lipinski definition) is 2. The first-order valence-electron chi connectivity index (χ1n) is 7.51. The van der Waals surface area contributed by atoms with Crippen molar-refractivity contribution < 1.29 is 35.9 Å². The van der Waals surface area contributed by atoms with Gasteiger partial charge in [0.15, 0.2) is 15.4 Å². The number of anilines is 1. The van der Waals surface area contributed by atoms with Gasteiger partial charge in [-0.2, -0.15) is 13.2 Å². The minimum atomic E-state index is -4.63. The number of nitrogens with one attached hydrogen (secondary N) is 1. The molecule has 1 unspecified atom stereocenters. The van der Waals surface area contributed by atoms with Crippen LogP contribution in [0.5, 0.6) is 0 Å². The molecule has 1 amide bonds. The summed E-state index contributed by atoms with van der Waals surface area (Å²) in [5.74, 6) is -2.91. The monoisotopic (exact) mass is 405 g/mol. The maximum atomic E-state index is 12.9. The van der Waals surface area contributed by atoms with E-state index in [1.165, 1.54) is 0 Å². The maximum Gasteiger partial charge on any atom is 0.416 e. The molecule has 0 heterocycles. The lowest BCUT2D eigenvalue weighted by molar-refractivity contribution is -0.137. The van der Waals surface area contributed by atoms with E-state index >= 15 is 0 Å². The molecule has 2 aromatic rings. The summed E-state index contributed by atoms with van der Waals surface area (Å²) >= 11 is 0. The molecular weight excluding hydrogens is 390 g/mol. The third kappa shape index (κ3) is 5.27. The van der Waals surface area contributed by atoms with Gasteiger partial charge in [0.25, 0.3) is 5.91 Å². The molecule has 0 radical (unpaired) electrons. The summed E-state index contributed by atoms with van der Waals surface area (Å²) in [6.45, 7) is 0.914. The van der Waals surface area contributed by atoms with Crippen LogP contribution in [0, 0.1) is 5.82 Å². The molecule has 0 bridgehead atoms. The van der Waals surface area contributed by atoms with Gasteiger partial charge < -0.3 is 10.4 Å². The first-order valence-corrected chi connectivity index (χ1v) is 9.16. The number of halogens is 4. The van der Waals surface area contributed by atoms with Gasteiger partial charge in [-0.15, -0.1) is 0 Å². The molecule has 2 aromatic carbocycles. The van der Waals surface area contributed by atoms with Crippen LogP contribution in [0.1, 0.15) is 12.5 Å². The summed E-state index contributed by atoms with van der Waals surface area (Å²) < 4.78 is 75.6. The van der Waals surface area contributed by atoms with Crippen molar-refractivity contribution in [2.75, 3.05) is 11.1 Å². The van der Waals surface area contributed by atoms with Crippen molar-refractivity contribution in [3.05, 3.63) is 59.9 Å². The van der Waals surface area contributed by atoms with Crippen molar-refractivity contribution in [2.24, 2.45) is 0 Å². The highest BCUT2D eigenvalue weighted by atomic mass is 32.2. The Morgan fingerprint density at radius 2 is 1.70 bits per heavy atom. The average Bonchev–Trinajstić information content (AvgIpc) is 2.53. The van der Waals surface area contributed by atoms with Crippen LogP contribution < -0.4 is 5.32 Å². The number of carbonyl (C=O) groups excluding carboxylic acids is 1. The average molecular weight is 405 g/mol. The fraction of sp³-hybridized carbons (Fsp3) is 0.235. The van der Waals surface area contributed by atoms with Crippen LogP contribution in [0.25, 0.3) is 0 Å². The summed E-state index contributed by atoms with van der Waals surface area (Å²) in [6.07, 6.45) is -4.63. The van der Waals surface area contributed by atoms with E-state index in [9.17, 15) is 35.9 Å². The zero-order valence-electron chi connectivity index (χ0n) is 13.9. The summed E-state index contributed by atoms with van der Waals surface area (Å²) in [5.41, 5.74) is -3.71. The maximum absolute atomic E-state index is 12.9. The predicted octanol–water partition coefficient (Wildman–Crippen LogP) is 3.01. The molecule has 10 heteroatoms. The summed E-state index contributed by atoms with van der Waals surface area (Å²) in [6, 6.07) is 7.45. The van der Waals surface area contributed by atoms with Gasteiger partial charge in [0.05, 0.1) is 16.2 Å². The second-order valence-electron chi connectivity index (χ2n) is 6.02. The molecule has 1 atom stereocenters. The third-order valence-electron chi connectivity index (χ3n) is 3.58. The lowest BCUT2D eigenvalue weighted by Crippen LogP contribution is -2.45. The molecule has 27 heavy (non-hydrogen) atoms. The Balaban J connectivity index is 2.19. The molecule has 146 valence electrons. The Labute approximate surface area is 152 Å². The van der Waals surface area contributed by atoms with Gasteiger partial charge in [0.2, 0.25) is 0 Å². The van der Waals surface area contributed by atoms with E-state index in [1.54, 1.807) is 0 Å². The highest BCUT2D eigenvalue weighted by molar-refractivity contribution is 7.91. The van der Waals surface area contributed by atoms with E-state index in [0.717, 1.165) is 49.4 Å².